The fourth-order valence-electron chi connectivity index (χ4n) is 3.55. The van der Waals surface area contributed by atoms with Crippen LogP contribution in [-0.4, -0.2) is 47.7 Å². The Hall–Kier alpha value is -2.79. The summed E-state index contributed by atoms with van der Waals surface area (Å²) in [7, 11) is 1.70. The number of anilines is 1. The van der Waals surface area contributed by atoms with Gasteiger partial charge in [0.2, 0.25) is 5.95 Å². The smallest absolute Gasteiger partial charge is 0.210 e. The molecule has 0 spiro atoms. The van der Waals surface area contributed by atoms with E-state index >= 15 is 0 Å². The first-order valence-electron chi connectivity index (χ1n) is 9.43. The molecule has 1 aromatic heterocycles. The van der Waals surface area contributed by atoms with Crippen LogP contribution in [0.4, 0.5) is 5.95 Å². The third-order valence-corrected chi connectivity index (χ3v) is 5.13. The standard InChI is InChI=1S/C22H26N4O/c1-18-6-8-19(9-7-18)17-24-12-14-25(15-13-24)22-23-10-11-26(22)20-4-3-5-21(16-20)27-2/h3-11,16H,12-15,17H2,1-2H3. The van der Waals surface area contributed by atoms with Crippen LogP contribution in [0.5, 0.6) is 5.75 Å². The van der Waals surface area contributed by atoms with E-state index in [1.807, 2.05) is 30.6 Å². The summed E-state index contributed by atoms with van der Waals surface area (Å²) < 4.78 is 7.50. The molecule has 1 fully saturated rings. The van der Waals surface area contributed by atoms with E-state index in [2.05, 4.69) is 56.6 Å². The van der Waals surface area contributed by atoms with Gasteiger partial charge in [-0.3, -0.25) is 9.47 Å². The zero-order valence-corrected chi connectivity index (χ0v) is 16.0. The van der Waals surface area contributed by atoms with E-state index < -0.39 is 0 Å². The van der Waals surface area contributed by atoms with Gasteiger partial charge in [0.1, 0.15) is 5.75 Å². The van der Waals surface area contributed by atoms with E-state index in [4.69, 9.17) is 4.74 Å². The molecule has 2 heterocycles. The van der Waals surface area contributed by atoms with Crippen molar-refractivity contribution >= 4 is 5.95 Å². The second-order valence-corrected chi connectivity index (χ2v) is 7.05. The Bertz CT molecular complexity index is 879. The molecule has 27 heavy (non-hydrogen) atoms. The van der Waals surface area contributed by atoms with Gasteiger partial charge in [-0.25, -0.2) is 4.98 Å². The van der Waals surface area contributed by atoms with Gasteiger partial charge < -0.3 is 9.64 Å². The molecular weight excluding hydrogens is 336 g/mol. The normalized spacial score (nSPS) is 15.1. The molecule has 0 saturated carbocycles. The number of methoxy groups -OCH3 is 1. The minimum Gasteiger partial charge on any atom is -0.497 e. The van der Waals surface area contributed by atoms with Crippen molar-refractivity contribution in [3.05, 3.63) is 72.1 Å². The lowest BCUT2D eigenvalue weighted by Crippen LogP contribution is -2.46. The van der Waals surface area contributed by atoms with Crippen molar-refractivity contribution in [2.75, 3.05) is 38.2 Å². The van der Waals surface area contributed by atoms with Gasteiger partial charge in [0.15, 0.2) is 0 Å². The van der Waals surface area contributed by atoms with Crippen molar-refractivity contribution in [3.63, 3.8) is 0 Å². The molecule has 5 nitrogen and oxygen atoms in total. The van der Waals surface area contributed by atoms with Gasteiger partial charge >= 0.3 is 0 Å². The molecule has 0 amide bonds. The number of hydrogen-bond acceptors (Lipinski definition) is 4. The van der Waals surface area contributed by atoms with Crippen molar-refractivity contribution < 1.29 is 4.74 Å². The SMILES string of the molecule is COc1cccc(-n2ccnc2N2CCN(Cc3ccc(C)cc3)CC2)c1. The second-order valence-electron chi connectivity index (χ2n) is 7.05. The van der Waals surface area contributed by atoms with E-state index in [-0.39, 0.29) is 0 Å². The topological polar surface area (TPSA) is 33.5 Å². The van der Waals surface area contributed by atoms with Gasteiger partial charge in [0.05, 0.1) is 12.8 Å². The molecule has 0 N–H and O–H groups in total. The number of nitrogens with zero attached hydrogens (tertiary/aromatic N) is 4. The Morgan fingerprint density at radius 3 is 2.52 bits per heavy atom. The van der Waals surface area contributed by atoms with Crippen LogP contribution < -0.4 is 9.64 Å². The number of rotatable bonds is 5. The lowest BCUT2D eigenvalue weighted by Gasteiger charge is -2.35. The highest BCUT2D eigenvalue weighted by Crippen LogP contribution is 2.23. The molecule has 140 valence electrons. The average Bonchev–Trinajstić information content (AvgIpc) is 3.20. The summed E-state index contributed by atoms with van der Waals surface area (Å²) in [5, 5.41) is 0. The zero-order chi connectivity index (χ0) is 18.6. The quantitative estimate of drug-likeness (QED) is 0.695. The lowest BCUT2D eigenvalue weighted by molar-refractivity contribution is 0.248. The molecule has 2 aromatic carbocycles. The van der Waals surface area contributed by atoms with E-state index in [9.17, 15) is 0 Å². The predicted octanol–water partition coefficient (Wildman–Crippen LogP) is 3.51. The van der Waals surface area contributed by atoms with E-state index in [0.717, 1.165) is 50.1 Å². The van der Waals surface area contributed by atoms with Gasteiger partial charge in [0, 0.05) is 51.2 Å². The number of hydrogen-bond donors (Lipinski definition) is 0. The Morgan fingerprint density at radius 2 is 1.78 bits per heavy atom. The van der Waals surface area contributed by atoms with Crippen LogP contribution in [0.15, 0.2) is 60.9 Å². The monoisotopic (exact) mass is 362 g/mol. The molecule has 1 aliphatic heterocycles. The zero-order valence-electron chi connectivity index (χ0n) is 16.0. The first kappa shape index (κ1) is 17.6. The number of benzene rings is 2. The minimum absolute atomic E-state index is 0.857. The molecule has 4 rings (SSSR count). The molecule has 0 aliphatic carbocycles. The molecule has 0 bridgehead atoms. The summed E-state index contributed by atoms with van der Waals surface area (Å²) >= 11 is 0. The van der Waals surface area contributed by atoms with Gasteiger partial charge in [-0.15, -0.1) is 0 Å². The maximum absolute atomic E-state index is 5.36. The van der Waals surface area contributed by atoms with Crippen molar-refractivity contribution in [2.24, 2.45) is 0 Å². The van der Waals surface area contributed by atoms with Crippen LogP contribution >= 0.6 is 0 Å². The van der Waals surface area contributed by atoms with Crippen molar-refractivity contribution in [1.29, 1.82) is 0 Å². The number of aromatic nitrogens is 2. The first-order valence-corrected chi connectivity index (χ1v) is 9.43. The molecule has 1 saturated heterocycles. The van der Waals surface area contributed by atoms with Gasteiger partial charge in [-0.2, -0.15) is 0 Å². The van der Waals surface area contributed by atoms with Crippen LogP contribution in [0.25, 0.3) is 5.69 Å². The Kier molecular flexibility index (Phi) is 5.12. The highest BCUT2D eigenvalue weighted by molar-refractivity contribution is 5.47. The fraction of sp³-hybridized carbons (Fsp3) is 0.318. The van der Waals surface area contributed by atoms with Crippen LogP contribution in [-0.2, 0) is 6.54 Å². The molecule has 0 unspecified atom stereocenters. The molecule has 0 radical (unpaired) electrons. The Balaban J connectivity index is 1.43. The highest BCUT2D eigenvalue weighted by atomic mass is 16.5. The van der Waals surface area contributed by atoms with Crippen LogP contribution in [0.1, 0.15) is 11.1 Å². The summed E-state index contributed by atoms with van der Waals surface area (Å²) in [5.74, 6) is 1.85. The summed E-state index contributed by atoms with van der Waals surface area (Å²) in [6, 6.07) is 16.9. The Labute approximate surface area is 160 Å². The van der Waals surface area contributed by atoms with Crippen LogP contribution in [0.3, 0.4) is 0 Å². The maximum Gasteiger partial charge on any atom is 0.210 e. The van der Waals surface area contributed by atoms with Gasteiger partial charge in [0.25, 0.3) is 0 Å². The third kappa shape index (κ3) is 3.98. The maximum atomic E-state index is 5.36. The molecule has 5 heteroatoms. The largest absolute Gasteiger partial charge is 0.497 e. The third-order valence-electron chi connectivity index (χ3n) is 5.13. The minimum atomic E-state index is 0.857. The molecule has 3 aromatic rings. The fourth-order valence-corrected chi connectivity index (χ4v) is 3.55. The van der Waals surface area contributed by atoms with Gasteiger partial charge in [-0.1, -0.05) is 35.9 Å². The average molecular weight is 362 g/mol. The Morgan fingerprint density at radius 1 is 1.00 bits per heavy atom. The highest BCUT2D eigenvalue weighted by Gasteiger charge is 2.21. The predicted molar refractivity (Wildman–Crippen MR) is 109 cm³/mol. The van der Waals surface area contributed by atoms with E-state index in [1.165, 1.54) is 11.1 Å². The number of aryl methyl sites for hydroxylation is 1. The summed E-state index contributed by atoms with van der Waals surface area (Å²) in [6.45, 7) is 7.18. The number of ether oxygens (including phenoxy) is 1. The van der Waals surface area contributed by atoms with E-state index in [0.29, 0.717) is 0 Å². The number of imidazole rings is 1. The van der Waals surface area contributed by atoms with Crippen LogP contribution in [0, 0.1) is 6.92 Å². The molecule has 1 aliphatic rings. The molecule has 0 atom stereocenters. The van der Waals surface area contributed by atoms with E-state index in [1.54, 1.807) is 7.11 Å². The van der Waals surface area contributed by atoms with Crippen molar-refractivity contribution in [3.8, 4) is 11.4 Å². The second kappa shape index (κ2) is 7.84. The van der Waals surface area contributed by atoms with Crippen molar-refractivity contribution in [2.45, 2.75) is 13.5 Å². The molecular formula is C22H26N4O. The van der Waals surface area contributed by atoms with Crippen LogP contribution in [0.2, 0.25) is 0 Å². The first-order chi connectivity index (χ1) is 13.2. The van der Waals surface area contributed by atoms with Crippen molar-refractivity contribution in [1.82, 2.24) is 14.5 Å². The summed E-state index contributed by atoms with van der Waals surface area (Å²) in [5.41, 5.74) is 3.77. The summed E-state index contributed by atoms with van der Waals surface area (Å²) in [6.07, 6.45) is 3.89. The van der Waals surface area contributed by atoms with Gasteiger partial charge in [-0.05, 0) is 24.6 Å². The summed E-state index contributed by atoms with van der Waals surface area (Å²) in [4.78, 5) is 9.50. The lowest BCUT2D eigenvalue weighted by atomic mass is 10.1. The number of piperazine rings is 1.